The molecule has 0 aliphatic carbocycles. The van der Waals surface area contributed by atoms with E-state index >= 15 is 0 Å². The first-order valence-electron chi connectivity index (χ1n) is 6.78. The van der Waals surface area contributed by atoms with Gasteiger partial charge in [-0.2, -0.15) is 4.31 Å². The van der Waals surface area contributed by atoms with Crippen LogP contribution in [0.5, 0.6) is 0 Å². The van der Waals surface area contributed by atoms with Crippen LogP contribution in [0.2, 0.25) is 0 Å². The lowest BCUT2D eigenvalue weighted by molar-refractivity contribution is 0.0696. The van der Waals surface area contributed by atoms with Crippen LogP contribution >= 0.6 is 0 Å². The number of aromatic carboxylic acids is 1. The third-order valence-electron chi connectivity index (χ3n) is 3.84. The van der Waals surface area contributed by atoms with E-state index in [1.807, 2.05) is 0 Å². The van der Waals surface area contributed by atoms with Crippen molar-refractivity contribution in [3.8, 4) is 0 Å². The van der Waals surface area contributed by atoms with Crippen molar-refractivity contribution < 1.29 is 22.7 Å². The average Bonchev–Trinajstić information content (AvgIpc) is 2.37. The summed E-state index contributed by atoms with van der Waals surface area (Å²) < 4.78 is 40.4. The molecule has 0 spiro atoms. The van der Waals surface area contributed by atoms with Gasteiger partial charge in [0.2, 0.25) is 10.0 Å². The number of hydrogen-bond acceptors (Lipinski definition) is 3. The number of rotatable bonds is 3. The lowest BCUT2D eigenvalue weighted by atomic mass is 9.95. The van der Waals surface area contributed by atoms with Crippen LogP contribution < -0.4 is 0 Å². The fraction of sp³-hybridized carbons (Fsp3) is 0.500. The normalized spacial score (nSPS) is 24.0. The molecule has 116 valence electrons. The molecular weight excluding hydrogens is 297 g/mol. The van der Waals surface area contributed by atoms with Crippen LogP contribution in [0.4, 0.5) is 4.39 Å². The van der Waals surface area contributed by atoms with Crippen molar-refractivity contribution in [1.29, 1.82) is 0 Å². The zero-order chi connectivity index (χ0) is 15.8. The van der Waals surface area contributed by atoms with Crippen molar-refractivity contribution in [1.82, 2.24) is 4.31 Å². The highest BCUT2D eigenvalue weighted by Gasteiger charge is 2.34. The van der Waals surface area contributed by atoms with Crippen molar-refractivity contribution in [2.75, 3.05) is 6.54 Å². The first kappa shape index (κ1) is 15.9. The number of piperidine rings is 1. The summed E-state index contributed by atoms with van der Waals surface area (Å²) in [5, 5.41) is 8.80. The fourth-order valence-electron chi connectivity index (χ4n) is 2.71. The Labute approximate surface area is 123 Å². The van der Waals surface area contributed by atoms with Gasteiger partial charge < -0.3 is 5.11 Å². The maximum Gasteiger partial charge on any atom is 0.335 e. The van der Waals surface area contributed by atoms with Gasteiger partial charge in [-0.15, -0.1) is 0 Å². The molecular formula is C14H18FNO4S. The second kappa shape index (κ2) is 5.73. The lowest BCUT2D eigenvalue weighted by Gasteiger charge is -2.35. The zero-order valence-electron chi connectivity index (χ0n) is 11.9. The SMILES string of the molecule is CC1CCN(S(=O)(=O)c2ccc(C(=O)O)cc2F)C(C)C1. The van der Waals surface area contributed by atoms with Crippen LogP contribution in [0.25, 0.3) is 0 Å². The summed E-state index contributed by atoms with van der Waals surface area (Å²) in [5.41, 5.74) is -0.272. The molecule has 1 N–H and O–H groups in total. The van der Waals surface area contributed by atoms with Crippen LogP contribution in [-0.4, -0.2) is 36.4 Å². The third-order valence-corrected chi connectivity index (χ3v) is 5.89. The van der Waals surface area contributed by atoms with Crippen LogP contribution in [-0.2, 0) is 10.0 Å². The molecule has 21 heavy (non-hydrogen) atoms. The van der Waals surface area contributed by atoms with E-state index in [4.69, 9.17) is 5.11 Å². The van der Waals surface area contributed by atoms with Crippen LogP contribution in [0.1, 0.15) is 37.0 Å². The quantitative estimate of drug-likeness (QED) is 0.929. The Bertz CT molecular complexity index is 659. The standard InChI is InChI=1S/C14H18FNO4S/c1-9-5-6-16(10(2)7-9)21(19,20)13-4-3-11(14(17)18)8-12(13)15/h3-4,8-10H,5-7H2,1-2H3,(H,17,18). The molecule has 1 saturated heterocycles. The Balaban J connectivity index is 2.38. The molecule has 0 aromatic heterocycles. The van der Waals surface area contributed by atoms with Gasteiger partial charge in [0.25, 0.3) is 0 Å². The summed E-state index contributed by atoms with van der Waals surface area (Å²) in [7, 11) is -3.94. The van der Waals surface area contributed by atoms with Crippen molar-refractivity contribution >= 4 is 16.0 Å². The lowest BCUT2D eigenvalue weighted by Crippen LogP contribution is -2.44. The van der Waals surface area contributed by atoms with Gasteiger partial charge in [-0.3, -0.25) is 0 Å². The summed E-state index contributed by atoms with van der Waals surface area (Å²) in [4.78, 5) is 10.3. The molecule has 1 aliphatic rings. The van der Waals surface area contributed by atoms with Crippen molar-refractivity contribution in [2.45, 2.75) is 37.6 Å². The van der Waals surface area contributed by atoms with Crippen LogP contribution in [0.15, 0.2) is 23.1 Å². The van der Waals surface area contributed by atoms with E-state index in [0.717, 1.165) is 31.0 Å². The highest BCUT2D eigenvalue weighted by atomic mass is 32.2. The summed E-state index contributed by atoms with van der Waals surface area (Å²) in [6.45, 7) is 4.21. The minimum absolute atomic E-state index is 0.197. The van der Waals surface area contributed by atoms with E-state index in [1.54, 1.807) is 6.92 Å². The molecule has 0 bridgehead atoms. The molecule has 5 nitrogen and oxygen atoms in total. The van der Waals surface area contributed by atoms with E-state index in [1.165, 1.54) is 4.31 Å². The van der Waals surface area contributed by atoms with Gasteiger partial charge in [-0.1, -0.05) is 6.92 Å². The number of carboxylic acids is 1. The van der Waals surface area contributed by atoms with Gasteiger partial charge in [0.15, 0.2) is 0 Å². The predicted molar refractivity (Wildman–Crippen MR) is 75.1 cm³/mol. The number of sulfonamides is 1. The van der Waals surface area contributed by atoms with Gasteiger partial charge >= 0.3 is 5.97 Å². The Morgan fingerprint density at radius 1 is 1.38 bits per heavy atom. The number of halogens is 1. The van der Waals surface area contributed by atoms with Gasteiger partial charge in [0.1, 0.15) is 10.7 Å². The van der Waals surface area contributed by atoms with Gasteiger partial charge in [-0.25, -0.2) is 17.6 Å². The zero-order valence-corrected chi connectivity index (χ0v) is 12.7. The topological polar surface area (TPSA) is 74.7 Å². The van der Waals surface area contributed by atoms with E-state index < -0.39 is 26.7 Å². The minimum atomic E-state index is -3.94. The number of hydrogen-bond donors (Lipinski definition) is 1. The molecule has 2 rings (SSSR count). The monoisotopic (exact) mass is 315 g/mol. The second-order valence-corrected chi connectivity index (χ2v) is 7.40. The maximum absolute atomic E-state index is 14.0. The minimum Gasteiger partial charge on any atom is -0.478 e. The number of nitrogens with zero attached hydrogens (tertiary/aromatic N) is 1. The molecule has 1 heterocycles. The molecule has 1 aromatic rings. The van der Waals surface area contributed by atoms with Gasteiger partial charge in [0, 0.05) is 12.6 Å². The van der Waals surface area contributed by atoms with E-state index in [2.05, 4.69) is 6.92 Å². The van der Waals surface area contributed by atoms with Crippen molar-refractivity contribution in [3.05, 3.63) is 29.6 Å². The van der Waals surface area contributed by atoms with E-state index in [0.29, 0.717) is 12.5 Å². The first-order chi connectivity index (χ1) is 9.73. The van der Waals surface area contributed by atoms with E-state index in [9.17, 15) is 17.6 Å². The van der Waals surface area contributed by atoms with Gasteiger partial charge in [0.05, 0.1) is 5.56 Å². The number of carbonyl (C=O) groups is 1. The summed E-state index contributed by atoms with van der Waals surface area (Å²) in [6, 6.07) is 2.68. The predicted octanol–water partition coefficient (Wildman–Crippen LogP) is 2.33. The fourth-order valence-corrected chi connectivity index (χ4v) is 4.42. The first-order valence-corrected chi connectivity index (χ1v) is 8.22. The summed E-state index contributed by atoms with van der Waals surface area (Å²) in [6.07, 6.45) is 1.46. The Kier molecular flexibility index (Phi) is 4.34. The molecule has 1 fully saturated rings. The highest BCUT2D eigenvalue weighted by molar-refractivity contribution is 7.89. The van der Waals surface area contributed by atoms with Crippen molar-refractivity contribution in [2.24, 2.45) is 5.92 Å². The number of carboxylic acid groups (broad SMARTS) is 1. The van der Waals surface area contributed by atoms with Crippen LogP contribution in [0, 0.1) is 11.7 Å². The number of benzene rings is 1. The van der Waals surface area contributed by atoms with Crippen molar-refractivity contribution in [3.63, 3.8) is 0 Å². The molecule has 7 heteroatoms. The van der Waals surface area contributed by atoms with E-state index in [-0.39, 0.29) is 11.6 Å². The Hall–Kier alpha value is -1.47. The molecule has 2 unspecified atom stereocenters. The smallest absolute Gasteiger partial charge is 0.335 e. The molecule has 0 amide bonds. The molecule has 1 aromatic carbocycles. The second-order valence-electron chi connectivity index (χ2n) is 5.54. The molecule has 0 saturated carbocycles. The maximum atomic E-state index is 14.0. The van der Waals surface area contributed by atoms with Gasteiger partial charge in [-0.05, 0) is 43.9 Å². The Morgan fingerprint density at radius 3 is 2.57 bits per heavy atom. The Morgan fingerprint density at radius 2 is 2.05 bits per heavy atom. The largest absolute Gasteiger partial charge is 0.478 e. The molecule has 0 radical (unpaired) electrons. The van der Waals surface area contributed by atoms with Crippen LogP contribution in [0.3, 0.4) is 0 Å². The third kappa shape index (κ3) is 3.08. The summed E-state index contributed by atoms with van der Waals surface area (Å²) in [5.74, 6) is -1.88. The summed E-state index contributed by atoms with van der Waals surface area (Å²) >= 11 is 0. The highest BCUT2D eigenvalue weighted by Crippen LogP contribution is 2.29. The average molecular weight is 315 g/mol. The molecule has 2 atom stereocenters. The molecule has 1 aliphatic heterocycles.